The Morgan fingerprint density at radius 2 is 0.538 bits per heavy atom. The average Bonchev–Trinajstić information content (AvgIpc) is 3.30. The third kappa shape index (κ3) is 52.2. The van der Waals surface area contributed by atoms with Gasteiger partial charge < -0.3 is 14.2 Å². The van der Waals surface area contributed by atoms with Crippen LogP contribution in [-0.4, -0.2) is 37.2 Å². The Balaban J connectivity index is 4.41. The van der Waals surface area contributed by atoms with Crippen molar-refractivity contribution in [3.63, 3.8) is 0 Å². The van der Waals surface area contributed by atoms with E-state index in [1.54, 1.807) is 0 Å². The van der Waals surface area contributed by atoms with Crippen molar-refractivity contribution in [1.82, 2.24) is 0 Å². The molecule has 0 saturated carbocycles. The molecule has 0 rings (SSSR count). The Bertz CT molecular complexity index is 1140. The van der Waals surface area contributed by atoms with Crippen molar-refractivity contribution in [1.29, 1.82) is 0 Å². The molecule has 65 heavy (non-hydrogen) atoms. The molecule has 0 saturated heterocycles. The molecular weight excluding hydrogens is 805 g/mol. The molecule has 0 aliphatic rings. The Kier molecular flexibility index (Phi) is 51.8. The molecule has 0 aliphatic heterocycles. The van der Waals surface area contributed by atoms with Gasteiger partial charge in [0.1, 0.15) is 13.2 Å². The molecule has 378 valence electrons. The summed E-state index contributed by atoms with van der Waals surface area (Å²) in [5.41, 5.74) is 0. The first-order chi connectivity index (χ1) is 32.0. The number of ether oxygens (including phenoxy) is 3. The monoisotopic (exact) mass is 911 g/mol. The molecule has 0 aromatic heterocycles. The third-order valence-corrected chi connectivity index (χ3v) is 12.4. The number of carbonyl (C=O) groups is 3. The summed E-state index contributed by atoms with van der Waals surface area (Å²) in [6.45, 7) is 6.60. The van der Waals surface area contributed by atoms with E-state index in [-0.39, 0.29) is 31.1 Å². The van der Waals surface area contributed by atoms with Gasteiger partial charge in [0.05, 0.1) is 0 Å². The number of carbonyl (C=O) groups excluding carboxylic acids is 3. The summed E-state index contributed by atoms with van der Waals surface area (Å²) in [7, 11) is 0. The lowest BCUT2D eigenvalue weighted by molar-refractivity contribution is -0.167. The molecular formula is C59H106O6. The lowest BCUT2D eigenvalue weighted by atomic mass is 10.0. The van der Waals surface area contributed by atoms with Gasteiger partial charge in [0.15, 0.2) is 6.10 Å². The second kappa shape index (κ2) is 54.0. The van der Waals surface area contributed by atoms with Gasteiger partial charge in [-0.2, -0.15) is 0 Å². The first-order valence-electron chi connectivity index (χ1n) is 28.2. The molecule has 0 aliphatic carbocycles. The Morgan fingerprint density at radius 1 is 0.308 bits per heavy atom. The molecule has 0 fully saturated rings. The molecule has 1 unspecified atom stereocenters. The number of esters is 3. The maximum Gasteiger partial charge on any atom is 0.306 e. The predicted molar refractivity (Wildman–Crippen MR) is 279 cm³/mol. The van der Waals surface area contributed by atoms with Crippen LogP contribution in [0.3, 0.4) is 0 Å². The molecule has 0 radical (unpaired) electrons. The molecule has 0 aromatic carbocycles. The first-order valence-corrected chi connectivity index (χ1v) is 28.2. The van der Waals surface area contributed by atoms with Crippen LogP contribution in [0, 0.1) is 0 Å². The van der Waals surface area contributed by atoms with E-state index in [1.807, 2.05) is 0 Å². The number of allylic oxidation sites excluding steroid dienone is 8. The average molecular weight is 911 g/mol. The molecule has 0 heterocycles. The van der Waals surface area contributed by atoms with Crippen molar-refractivity contribution in [3.05, 3.63) is 48.6 Å². The highest BCUT2D eigenvalue weighted by Crippen LogP contribution is 2.16. The minimum absolute atomic E-state index is 0.0852. The van der Waals surface area contributed by atoms with E-state index < -0.39 is 6.10 Å². The zero-order valence-corrected chi connectivity index (χ0v) is 43.3. The first kappa shape index (κ1) is 62.4. The number of unbranched alkanes of at least 4 members (excludes halogenated alkanes) is 34. The highest BCUT2D eigenvalue weighted by Gasteiger charge is 2.19. The van der Waals surface area contributed by atoms with Gasteiger partial charge >= 0.3 is 17.9 Å². The summed E-state index contributed by atoms with van der Waals surface area (Å²) in [5.74, 6) is -0.909. The number of rotatable bonds is 51. The zero-order valence-electron chi connectivity index (χ0n) is 43.3. The van der Waals surface area contributed by atoms with Gasteiger partial charge in [-0.05, 0) is 70.6 Å². The third-order valence-electron chi connectivity index (χ3n) is 12.4. The quantitative estimate of drug-likeness (QED) is 0.0262. The molecule has 6 nitrogen and oxygen atoms in total. The Morgan fingerprint density at radius 3 is 0.862 bits per heavy atom. The van der Waals surface area contributed by atoms with E-state index in [9.17, 15) is 14.4 Å². The summed E-state index contributed by atoms with van der Waals surface area (Å²) in [6, 6.07) is 0. The van der Waals surface area contributed by atoms with Crippen molar-refractivity contribution in [3.8, 4) is 0 Å². The van der Waals surface area contributed by atoms with Gasteiger partial charge in [0, 0.05) is 19.3 Å². The smallest absolute Gasteiger partial charge is 0.306 e. The Hall–Kier alpha value is -2.63. The van der Waals surface area contributed by atoms with E-state index in [0.717, 1.165) is 77.0 Å². The summed E-state index contributed by atoms with van der Waals surface area (Å²) in [4.78, 5) is 38.1. The van der Waals surface area contributed by atoms with Crippen LogP contribution in [0.1, 0.15) is 290 Å². The molecule has 6 heteroatoms. The van der Waals surface area contributed by atoms with Gasteiger partial charge in [0.2, 0.25) is 0 Å². The summed E-state index contributed by atoms with van der Waals surface area (Å²) in [6.07, 6.45) is 65.2. The van der Waals surface area contributed by atoms with E-state index in [1.165, 1.54) is 173 Å². The molecule has 0 bridgehead atoms. The second-order valence-electron chi connectivity index (χ2n) is 18.9. The van der Waals surface area contributed by atoms with Crippen molar-refractivity contribution in [2.45, 2.75) is 297 Å². The molecule has 0 amide bonds. The maximum absolute atomic E-state index is 12.8. The largest absolute Gasteiger partial charge is 0.462 e. The van der Waals surface area contributed by atoms with E-state index >= 15 is 0 Å². The predicted octanol–water partition coefficient (Wildman–Crippen LogP) is 18.7. The van der Waals surface area contributed by atoms with Crippen molar-refractivity contribution in [2.24, 2.45) is 0 Å². The normalized spacial score (nSPS) is 12.4. The van der Waals surface area contributed by atoms with Crippen molar-refractivity contribution in [2.75, 3.05) is 13.2 Å². The van der Waals surface area contributed by atoms with E-state index in [2.05, 4.69) is 69.4 Å². The van der Waals surface area contributed by atoms with Crippen LogP contribution in [0.4, 0.5) is 0 Å². The number of hydrogen-bond donors (Lipinski definition) is 0. The lowest BCUT2D eigenvalue weighted by Gasteiger charge is -2.18. The summed E-state index contributed by atoms with van der Waals surface area (Å²) < 4.78 is 16.8. The van der Waals surface area contributed by atoms with Gasteiger partial charge in [-0.25, -0.2) is 0 Å². The van der Waals surface area contributed by atoms with Gasteiger partial charge in [-0.1, -0.05) is 249 Å². The summed E-state index contributed by atoms with van der Waals surface area (Å²) >= 11 is 0. The van der Waals surface area contributed by atoms with Crippen molar-refractivity contribution < 1.29 is 28.6 Å². The highest BCUT2D eigenvalue weighted by atomic mass is 16.6. The van der Waals surface area contributed by atoms with Crippen LogP contribution in [0.2, 0.25) is 0 Å². The minimum Gasteiger partial charge on any atom is -0.462 e. The maximum atomic E-state index is 12.8. The lowest BCUT2D eigenvalue weighted by Crippen LogP contribution is -2.30. The molecule has 0 spiro atoms. The number of hydrogen-bond acceptors (Lipinski definition) is 6. The molecule has 1 atom stereocenters. The second-order valence-corrected chi connectivity index (χ2v) is 18.9. The van der Waals surface area contributed by atoms with E-state index in [4.69, 9.17) is 14.2 Å². The topological polar surface area (TPSA) is 78.9 Å². The van der Waals surface area contributed by atoms with Gasteiger partial charge in [-0.15, -0.1) is 0 Å². The highest BCUT2D eigenvalue weighted by molar-refractivity contribution is 5.71. The van der Waals surface area contributed by atoms with Crippen LogP contribution < -0.4 is 0 Å². The van der Waals surface area contributed by atoms with Crippen LogP contribution in [-0.2, 0) is 28.6 Å². The fourth-order valence-electron chi connectivity index (χ4n) is 8.07. The SMILES string of the molecule is CCCCC/C=C\C=C/CCCCCCCCC(=O)OCC(COC(=O)CCCCC/C=C\C=C/CCCCCCCCC)OC(=O)CCCCCCCCCCCCCCCCCC. The fourth-order valence-corrected chi connectivity index (χ4v) is 8.07. The van der Waals surface area contributed by atoms with Gasteiger partial charge in [0.25, 0.3) is 0 Å². The molecule has 0 N–H and O–H groups in total. The van der Waals surface area contributed by atoms with Crippen LogP contribution in [0.5, 0.6) is 0 Å². The van der Waals surface area contributed by atoms with Crippen LogP contribution >= 0.6 is 0 Å². The molecule has 0 aromatic rings. The fraction of sp³-hybridized carbons (Fsp3) is 0.814. The van der Waals surface area contributed by atoms with Crippen LogP contribution in [0.15, 0.2) is 48.6 Å². The summed E-state index contributed by atoms with van der Waals surface area (Å²) in [5, 5.41) is 0. The van der Waals surface area contributed by atoms with E-state index in [0.29, 0.717) is 19.3 Å². The Labute approximate surface area is 403 Å². The van der Waals surface area contributed by atoms with Gasteiger partial charge in [-0.3, -0.25) is 14.4 Å². The minimum atomic E-state index is -0.786. The van der Waals surface area contributed by atoms with Crippen LogP contribution in [0.25, 0.3) is 0 Å². The standard InChI is InChI=1S/C59H106O6/c1-4-7-10-13-16-19-22-25-28-31-34-37-40-43-46-49-52-58(61)64-55-56(54-63-57(60)51-48-45-42-39-36-33-30-27-24-21-18-15-12-9-6-3)65-59(62)53-50-47-44-41-38-35-32-29-26-23-20-17-14-11-8-5-2/h18,21,24,27-28,31,34,37,56H,4-17,19-20,22-23,25-26,29-30,32-33,35-36,38-55H2,1-3H3/b21-18-,27-24-,31-28-,37-34-. The van der Waals surface area contributed by atoms with Crippen molar-refractivity contribution >= 4 is 17.9 Å². The zero-order chi connectivity index (χ0) is 47.2.